The van der Waals surface area contributed by atoms with Crippen molar-refractivity contribution in [3.05, 3.63) is 29.8 Å². The van der Waals surface area contributed by atoms with E-state index in [2.05, 4.69) is 12.6 Å². The Labute approximate surface area is 70.8 Å². The van der Waals surface area contributed by atoms with Crippen molar-refractivity contribution < 1.29 is 4.74 Å². The number of rotatable bonds is 2. The first-order valence-electron chi connectivity index (χ1n) is 3.10. The summed E-state index contributed by atoms with van der Waals surface area (Å²) in [6.07, 6.45) is 0. The summed E-state index contributed by atoms with van der Waals surface area (Å²) in [4.78, 5) is 0. The average molecular weight is 165 g/mol. The first-order valence-corrected chi connectivity index (χ1v) is 3.74. The van der Waals surface area contributed by atoms with Crippen LogP contribution in [-0.4, -0.2) is 5.94 Å². The van der Waals surface area contributed by atoms with Gasteiger partial charge in [0, 0.05) is 0 Å². The van der Waals surface area contributed by atoms with Gasteiger partial charge in [-0.3, -0.25) is 0 Å². The van der Waals surface area contributed by atoms with Crippen LogP contribution in [0.1, 0.15) is 5.56 Å². The minimum Gasteiger partial charge on any atom is -0.483 e. The molecule has 0 aliphatic heterocycles. The zero-order valence-electron chi connectivity index (χ0n) is 5.82. The molecule has 0 heterocycles. The Morgan fingerprint density at radius 1 is 1.36 bits per heavy atom. The van der Waals surface area contributed by atoms with E-state index in [1.807, 2.05) is 6.07 Å². The molecule has 0 saturated heterocycles. The first-order chi connectivity index (χ1) is 5.36. The molecule has 0 amide bonds. The molecule has 0 unspecified atom stereocenters. The van der Waals surface area contributed by atoms with Gasteiger partial charge >= 0.3 is 0 Å². The molecule has 56 valence electrons. The second-order valence-corrected chi connectivity index (χ2v) is 2.17. The van der Waals surface area contributed by atoms with Crippen molar-refractivity contribution in [2.45, 2.75) is 0 Å². The summed E-state index contributed by atoms with van der Waals surface area (Å²) in [7, 11) is 0. The maximum atomic E-state index is 8.45. The summed E-state index contributed by atoms with van der Waals surface area (Å²) >= 11 is 3.89. The highest BCUT2D eigenvalue weighted by molar-refractivity contribution is 7.80. The molecular formula is C8H7NOS. The highest BCUT2D eigenvalue weighted by atomic mass is 32.1. The smallest absolute Gasteiger partial charge is 0.131 e. The lowest BCUT2D eigenvalue weighted by Gasteiger charge is -1.99. The van der Waals surface area contributed by atoms with Crippen LogP contribution in [0, 0.1) is 11.3 Å². The Hall–Kier alpha value is -1.14. The van der Waals surface area contributed by atoms with E-state index < -0.39 is 0 Å². The second kappa shape index (κ2) is 3.89. The van der Waals surface area contributed by atoms with Crippen LogP contribution in [0.3, 0.4) is 0 Å². The highest BCUT2D eigenvalue weighted by Gasteiger charge is 1.91. The Balaban J connectivity index is 2.76. The van der Waals surface area contributed by atoms with Crippen molar-refractivity contribution in [3.8, 4) is 11.8 Å². The van der Waals surface area contributed by atoms with Gasteiger partial charge in [-0.1, -0.05) is 0 Å². The van der Waals surface area contributed by atoms with Gasteiger partial charge in [-0.25, -0.2) is 0 Å². The molecule has 1 aromatic rings. The monoisotopic (exact) mass is 165 g/mol. The van der Waals surface area contributed by atoms with Crippen molar-refractivity contribution >= 4 is 12.6 Å². The molecule has 3 heteroatoms. The maximum Gasteiger partial charge on any atom is 0.131 e. The number of nitriles is 1. The molecule has 11 heavy (non-hydrogen) atoms. The van der Waals surface area contributed by atoms with Crippen molar-refractivity contribution in [1.29, 1.82) is 5.26 Å². The number of hydrogen-bond donors (Lipinski definition) is 1. The zero-order valence-corrected chi connectivity index (χ0v) is 6.71. The fourth-order valence-electron chi connectivity index (χ4n) is 0.700. The van der Waals surface area contributed by atoms with Gasteiger partial charge in [-0.2, -0.15) is 5.26 Å². The molecule has 0 spiro atoms. The van der Waals surface area contributed by atoms with Gasteiger partial charge in [0.1, 0.15) is 11.7 Å². The molecule has 2 nitrogen and oxygen atoms in total. The summed E-state index contributed by atoms with van der Waals surface area (Å²) < 4.78 is 5.06. The first kappa shape index (κ1) is 7.96. The minimum atomic E-state index is 0.353. The molecule has 0 radical (unpaired) electrons. The Morgan fingerprint density at radius 2 is 2.00 bits per heavy atom. The van der Waals surface area contributed by atoms with Gasteiger partial charge in [-0.15, -0.1) is 12.6 Å². The molecule has 0 aromatic heterocycles. The van der Waals surface area contributed by atoms with E-state index >= 15 is 0 Å². The zero-order chi connectivity index (χ0) is 8.10. The predicted octanol–water partition coefficient (Wildman–Crippen LogP) is 1.82. The second-order valence-electron chi connectivity index (χ2n) is 1.91. The quantitative estimate of drug-likeness (QED) is 0.535. The lowest BCUT2D eigenvalue weighted by atomic mass is 10.2. The standard InChI is InChI=1S/C8H7NOS/c9-5-7-1-3-8(4-2-7)10-6-11/h1-4,11H,6H2. The van der Waals surface area contributed by atoms with Crippen LogP contribution in [0.2, 0.25) is 0 Å². The number of hydrogen-bond acceptors (Lipinski definition) is 3. The summed E-state index contributed by atoms with van der Waals surface area (Å²) in [6.45, 7) is 0. The molecule has 1 rings (SSSR count). The number of nitrogens with zero attached hydrogens (tertiary/aromatic N) is 1. The normalized spacial score (nSPS) is 8.73. The van der Waals surface area contributed by atoms with Crippen molar-refractivity contribution in [2.75, 3.05) is 5.94 Å². The van der Waals surface area contributed by atoms with Crippen LogP contribution < -0.4 is 4.74 Å². The third-order valence-corrected chi connectivity index (χ3v) is 1.34. The molecule has 0 N–H and O–H groups in total. The molecule has 0 saturated carbocycles. The lowest BCUT2D eigenvalue weighted by molar-refractivity contribution is 0.394. The molecule has 0 fully saturated rings. The lowest BCUT2D eigenvalue weighted by Crippen LogP contribution is -1.88. The molecule has 1 aromatic carbocycles. The molecule has 0 aliphatic rings. The Bertz CT molecular complexity index is 262. The molecule has 0 aliphatic carbocycles. The molecule has 0 atom stereocenters. The Morgan fingerprint density at radius 3 is 2.45 bits per heavy atom. The van der Waals surface area contributed by atoms with E-state index in [-0.39, 0.29) is 0 Å². The fraction of sp³-hybridized carbons (Fsp3) is 0.125. The van der Waals surface area contributed by atoms with Crippen molar-refractivity contribution in [2.24, 2.45) is 0 Å². The number of thiol groups is 1. The van der Waals surface area contributed by atoms with Crippen LogP contribution in [0.5, 0.6) is 5.75 Å². The van der Waals surface area contributed by atoms with Crippen LogP contribution in [0.4, 0.5) is 0 Å². The molecular weight excluding hydrogens is 158 g/mol. The Kier molecular flexibility index (Phi) is 2.82. The van der Waals surface area contributed by atoms with Crippen molar-refractivity contribution in [3.63, 3.8) is 0 Å². The number of ether oxygens (including phenoxy) is 1. The summed E-state index contributed by atoms with van der Waals surface area (Å²) in [5, 5.41) is 8.45. The largest absolute Gasteiger partial charge is 0.483 e. The molecule has 0 bridgehead atoms. The van der Waals surface area contributed by atoms with Gasteiger partial charge in [0.2, 0.25) is 0 Å². The van der Waals surface area contributed by atoms with Crippen LogP contribution in [-0.2, 0) is 0 Å². The van der Waals surface area contributed by atoms with Crippen molar-refractivity contribution in [1.82, 2.24) is 0 Å². The summed E-state index contributed by atoms with van der Waals surface area (Å²) in [6, 6.07) is 8.93. The van der Waals surface area contributed by atoms with Gasteiger partial charge in [0.25, 0.3) is 0 Å². The third-order valence-electron chi connectivity index (χ3n) is 1.21. The van der Waals surface area contributed by atoms with E-state index in [1.165, 1.54) is 0 Å². The predicted molar refractivity (Wildman–Crippen MR) is 45.6 cm³/mol. The van der Waals surface area contributed by atoms with Gasteiger partial charge < -0.3 is 4.74 Å². The van der Waals surface area contributed by atoms with Crippen LogP contribution in [0.15, 0.2) is 24.3 Å². The van der Waals surface area contributed by atoms with Crippen LogP contribution >= 0.6 is 12.6 Å². The van der Waals surface area contributed by atoms with Gasteiger partial charge in [0.05, 0.1) is 11.6 Å². The van der Waals surface area contributed by atoms with E-state index in [0.29, 0.717) is 11.5 Å². The average Bonchev–Trinajstić information content (AvgIpc) is 2.07. The summed E-state index contributed by atoms with van der Waals surface area (Å²) in [5.41, 5.74) is 0.636. The van der Waals surface area contributed by atoms with Gasteiger partial charge in [0.15, 0.2) is 0 Å². The van der Waals surface area contributed by atoms with E-state index in [0.717, 1.165) is 5.75 Å². The van der Waals surface area contributed by atoms with E-state index in [1.54, 1.807) is 24.3 Å². The maximum absolute atomic E-state index is 8.45. The summed E-state index contributed by atoms with van der Waals surface area (Å²) in [5.74, 6) is 1.09. The van der Waals surface area contributed by atoms with E-state index in [4.69, 9.17) is 10.00 Å². The minimum absolute atomic E-state index is 0.353. The van der Waals surface area contributed by atoms with E-state index in [9.17, 15) is 0 Å². The fourth-order valence-corrected chi connectivity index (χ4v) is 0.849. The number of benzene rings is 1. The SMILES string of the molecule is N#Cc1ccc(OCS)cc1. The van der Waals surface area contributed by atoms with Crippen LogP contribution in [0.25, 0.3) is 0 Å². The van der Waals surface area contributed by atoms with Gasteiger partial charge in [-0.05, 0) is 24.3 Å². The third kappa shape index (κ3) is 2.17. The highest BCUT2D eigenvalue weighted by Crippen LogP contribution is 2.11. The topological polar surface area (TPSA) is 33.0 Å².